The van der Waals surface area contributed by atoms with E-state index < -0.39 is 66.6 Å². The monoisotopic (exact) mass is 669 g/mol. The van der Waals surface area contributed by atoms with Crippen molar-refractivity contribution in [3.05, 3.63) is 81.3 Å². The van der Waals surface area contributed by atoms with Gasteiger partial charge in [0.2, 0.25) is 5.91 Å². The molecule has 0 saturated carbocycles. The molecule has 0 saturated heterocycles. The Bertz CT molecular complexity index is 1570. The van der Waals surface area contributed by atoms with E-state index in [1.165, 1.54) is 36.4 Å². The van der Waals surface area contributed by atoms with Crippen LogP contribution in [0.4, 0.5) is 39.5 Å². The fourth-order valence-electron chi connectivity index (χ4n) is 4.30. The Morgan fingerprint density at radius 2 is 1.57 bits per heavy atom. The molecule has 16 heteroatoms. The molecule has 0 bridgehead atoms. The standard InChI is InChI=1S/C26H17BrF9N3O3/c27-15-8-13(7-14(9-15)25(31,32)33)23(26(34,35)36)10-20(39-42-23)18-5-6-19(17-4-2-1-3-16(17)18)22(41)37-11-21(40)38-12-24(28,29)30/h1-9H,10-12H2,(H,37,41)(H,38,40). The van der Waals surface area contributed by atoms with Crippen LogP contribution in [0.1, 0.15) is 33.5 Å². The first kappa shape index (κ1) is 31.1. The van der Waals surface area contributed by atoms with Crippen LogP contribution in [0, 0.1) is 0 Å². The molecule has 0 aromatic heterocycles. The van der Waals surface area contributed by atoms with Gasteiger partial charge >= 0.3 is 18.5 Å². The number of carbonyl (C=O) groups is 2. The van der Waals surface area contributed by atoms with Crippen molar-refractivity contribution in [2.45, 2.75) is 30.6 Å². The van der Waals surface area contributed by atoms with Crippen molar-refractivity contribution in [3.8, 4) is 0 Å². The minimum Gasteiger partial charge on any atom is -0.374 e. The molecule has 42 heavy (non-hydrogen) atoms. The smallest absolute Gasteiger partial charge is 0.374 e. The lowest BCUT2D eigenvalue weighted by Crippen LogP contribution is -2.43. The van der Waals surface area contributed by atoms with Crippen LogP contribution >= 0.6 is 15.9 Å². The lowest BCUT2D eigenvalue weighted by molar-refractivity contribution is -0.276. The first-order chi connectivity index (χ1) is 19.4. The van der Waals surface area contributed by atoms with Gasteiger partial charge in [0, 0.05) is 27.6 Å². The van der Waals surface area contributed by atoms with E-state index >= 15 is 0 Å². The van der Waals surface area contributed by atoms with Crippen LogP contribution in [0.25, 0.3) is 10.8 Å². The molecule has 2 N–H and O–H groups in total. The van der Waals surface area contributed by atoms with Gasteiger partial charge in [-0.3, -0.25) is 9.59 Å². The highest BCUT2D eigenvalue weighted by atomic mass is 79.9. The maximum Gasteiger partial charge on any atom is 0.435 e. The minimum absolute atomic E-state index is 0.0543. The molecule has 0 spiro atoms. The summed E-state index contributed by atoms with van der Waals surface area (Å²) in [5.74, 6) is -1.97. The molecule has 6 nitrogen and oxygen atoms in total. The largest absolute Gasteiger partial charge is 0.435 e. The number of rotatable bonds is 6. The highest BCUT2D eigenvalue weighted by molar-refractivity contribution is 9.10. The Labute approximate surface area is 239 Å². The summed E-state index contributed by atoms with van der Waals surface area (Å²) in [5, 5.41) is 7.79. The average molecular weight is 670 g/mol. The van der Waals surface area contributed by atoms with Crippen molar-refractivity contribution in [1.82, 2.24) is 10.6 Å². The third-order valence-corrected chi connectivity index (χ3v) is 6.71. The molecule has 2 amide bonds. The summed E-state index contributed by atoms with van der Waals surface area (Å²) in [7, 11) is 0. The van der Waals surface area contributed by atoms with Crippen molar-refractivity contribution in [1.29, 1.82) is 0 Å². The van der Waals surface area contributed by atoms with Gasteiger partial charge in [-0.25, -0.2) is 0 Å². The molecule has 1 aliphatic heterocycles. The van der Waals surface area contributed by atoms with Gasteiger partial charge in [-0.1, -0.05) is 51.4 Å². The van der Waals surface area contributed by atoms with Gasteiger partial charge in [-0.15, -0.1) is 0 Å². The number of nitrogens with one attached hydrogen (secondary N) is 2. The van der Waals surface area contributed by atoms with Crippen molar-refractivity contribution in [2.24, 2.45) is 5.16 Å². The van der Waals surface area contributed by atoms with Gasteiger partial charge in [0.25, 0.3) is 11.5 Å². The summed E-state index contributed by atoms with van der Waals surface area (Å²) in [4.78, 5) is 29.3. The summed E-state index contributed by atoms with van der Waals surface area (Å²) >= 11 is 2.82. The molecule has 0 aliphatic carbocycles. The van der Waals surface area contributed by atoms with Crippen LogP contribution in [0.5, 0.6) is 0 Å². The fourth-order valence-corrected chi connectivity index (χ4v) is 4.79. The van der Waals surface area contributed by atoms with Crippen molar-refractivity contribution in [3.63, 3.8) is 0 Å². The number of hydrogen-bond donors (Lipinski definition) is 2. The summed E-state index contributed by atoms with van der Waals surface area (Å²) in [5.41, 5.74) is -5.66. The molecule has 1 unspecified atom stereocenters. The fraction of sp³-hybridized carbons (Fsp3) is 0.269. The molecule has 3 aromatic rings. The molecule has 3 aromatic carbocycles. The Hall–Kier alpha value is -3.82. The molecular formula is C26H17BrF9N3O3. The molecule has 0 fully saturated rings. The van der Waals surface area contributed by atoms with Gasteiger partial charge < -0.3 is 15.5 Å². The molecule has 4 rings (SSSR count). The topological polar surface area (TPSA) is 79.8 Å². The zero-order valence-electron chi connectivity index (χ0n) is 20.8. The second kappa shape index (κ2) is 11.1. The predicted molar refractivity (Wildman–Crippen MR) is 134 cm³/mol. The Balaban J connectivity index is 1.65. The van der Waals surface area contributed by atoms with Crippen molar-refractivity contribution >= 4 is 44.2 Å². The third-order valence-electron chi connectivity index (χ3n) is 6.25. The van der Waals surface area contributed by atoms with Crippen LogP contribution in [0.3, 0.4) is 0 Å². The quantitative estimate of drug-likeness (QED) is 0.290. The Morgan fingerprint density at radius 1 is 0.905 bits per heavy atom. The van der Waals surface area contributed by atoms with E-state index in [1.54, 1.807) is 5.32 Å². The highest BCUT2D eigenvalue weighted by Gasteiger charge is 2.62. The lowest BCUT2D eigenvalue weighted by Gasteiger charge is -2.30. The van der Waals surface area contributed by atoms with Gasteiger partial charge in [-0.2, -0.15) is 39.5 Å². The summed E-state index contributed by atoms with van der Waals surface area (Å²) in [6.45, 7) is -2.38. The zero-order chi connectivity index (χ0) is 31.1. The molecule has 1 atom stereocenters. The molecule has 0 radical (unpaired) electrons. The van der Waals surface area contributed by atoms with Crippen LogP contribution in [0.2, 0.25) is 0 Å². The zero-order valence-corrected chi connectivity index (χ0v) is 22.4. The maximum absolute atomic E-state index is 14.5. The first-order valence-corrected chi connectivity index (χ1v) is 12.5. The first-order valence-electron chi connectivity index (χ1n) is 11.7. The second-order valence-electron chi connectivity index (χ2n) is 9.14. The molecular weight excluding hydrogens is 653 g/mol. The molecule has 1 aliphatic rings. The summed E-state index contributed by atoms with van der Waals surface area (Å²) in [6, 6.07) is 10.2. The Morgan fingerprint density at radius 3 is 2.19 bits per heavy atom. The number of amides is 2. The highest BCUT2D eigenvalue weighted by Crippen LogP contribution is 2.50. The number of benzene rings is 3. The predicted octanol–water partition coefficient (Wildman–Crippen LogP) is 6.61. The van der Waals surface area contributed by atoms with E-state index in [4.69, 9.17) is 4.84 Å². The molecule has 1 heterocycles. The average Bonchev–Trinajstić information content (AvgIpc) is 3.36. The third kappa shape index (κ3) is 6.47. The van der Waals surface area contributed by atoms with Gasteiger partial charge in [0.15, 0.2) is 0 Å². The van der Waals surface area contributed by atoms with Crippen LogP contribution in [0.15, 0.2) is 64.2 Å². The number of hydrogen-bond acceptors (Lipinski definition) is 4. The van der Waals surface area contributed by atoms with E-state index in [0.29, 0.717) is 12.1 Å². The Kier molecular flexibility index (Phi) is 8.23. The van der Waals surface area contributed by atoms with Gasteiger partial charge in [0.05, 0.1) is 17.8 Å². The van der Waals surface area contributed by atoms with Crippen molar-refractivity contribution in [2.75, 3.05) is 13.1 Å². The van der Waals surface area contributed by atoms with E-state index in [0.717, 1.165) is 6.07 Å². The van der Waals surface area contributed by atoms with E-state index in [1.807, 2.05) is 0 Å². The van der Waals surface area contributed by atoms with E-state index in [2.05, 4.69) is 26.4 Å². The number of fused-ring (bicyclic) bond motifs is 1. The van der Waals surface area contributed by atoms with E-state index in [9.17, 15) is 49.1 Å². The summed E-state index contributed by atoms with van der Waals surface area (Å²) in [6.07, 6.45) is -15.8. The number of alkyl halides is 9. The van der Waals surface area contributed by atoms with Crippen molar-refractivity contribution < 1.29 is 53.9 Å². The lowest BCUT2D eigenvalue weighted by atomic mass is 9.84. The maximum atomic E-state index is 14.5. The minimum atomic E-state index is -5.20. The number of carbonyl (C=O) groups excluding carboxylic acids is 2. The number of oxime groups is 1. The number of halogens is 10. The van der Waals surface area contributed by atoms with Gasteiger partial charge in [0.1, 0.15) is 6.54 Å². The van der Waals surface area contributed by atoms with Crippen LogP contribution in [-0.2, 0) is 21.4 Å². The normalized spacial score (nSPS) is 17.5. The molecule has 224 valence electrons. The van der Waals surface area contributed by atoms with Gasteiger partial charge in [-0.05, 0) is 35.0 Å². The van der Waals surface area contributed by atoms with Crippen LogP contribution in [-0.4, -0.2) is 43.0 Å². The second-order valence-corrected chi connectivity index (χ2v) is 10.1. The van der Waals surface area contributed by atoms with Crippen LogP contribution < -0.4 is 10.6 Å². The SMILES string of the molecule is O=C(CNC(=O)c1ccc(C2=NOC(c3cc(Br)cc(C(F)(F)F)c3)(C(F)(F)F)C2)c2ccccc12)NCC(F)(F)F. The number of nitrogens with zero attached hydrogens (tertiary/aromatic N) is 1. The summed E-state index contributed by atoms with van der Waals surface area (Å²) < 4.78 is 120. The van der Waals surface area contributed by atoms with E-state index in [-0.39, 0.29) is 32.1 Å².